The average Bonchev–Trinajstić information content (AvgIpc) is 3.41. The number of aromatic amines is 1. The third kappa shape index (κ3) is 6.02. The van der Waals surface area contributed by atoms with Crippen molar-refractivity contribution in [1.29, 1.82) is 0 Å². The molecule has 8 nitrogen and oxygen atoms in total. The number of carbonyl (C=O) groups is 3. The molecule has 0 radical (unpaired) electrons. The van der Waals surface area contributed by atoms with Gasteiger partial charge in [-0.1, -0.05) is 30.3 Å². The van der Waals surface area contributed by atoms with E-state index >= 15 is 0 Å². The van der Waals surface area contributed by atoms with E-state index < -0.39 is 29.7 Å². The van der Waals surface area contributed by atoms with E-state index in [2.05, 4.69) is 10.3 Å². The maximum atomic E-state index is 13.8. The highest BCUT2D eigenvalue weighted by atomic mass is 19.1. The van der Waals surface area contributed by atoms with Crippen LogP contribution in [0.25, 0.3) is 10.9 Å². The number of rotatable bonds is 6. The number of ether oxygens (including phenoxy) is 2. The topological polar surface area (TPSA) is 101 Å². The van der Waals surface area contributed by atoms with E-state index in [1.54, 1.807) is 33.0 Å². The van der Waals surface area contributed by atoms with E-state index in [4.69, 9.17) is 9.47 Å². The normalized spacial score (nSPS) is 16.7. The monoisotopic (exact) mass is 495 g/mol. The van der Waals surface area contributed by atoms with E-state index in [-0.39, 0.29) is 37.7 Å². The molecule has 2 aromatic carbocycles. The molecule has 1 fully saturated rings. The number of Topliss-reactive ketones (excluding diaryl/α,β-unsaturated/α-hetero) is 1. The predicted molar refractivity (Wildman–Crippen MR) is 132 cm³/mol. The van der Waals surface area contributed by atoms with Gasteiger partial charge in [-0.25, -0.2) is 14.0 Å². The number of nitrogens with zero attached hydrogens (tertiary/aromatic N) is 1. The van der Waals surface area contributed by atoms with Gasteiger partial charge in [0, 0.05) is 36.0 Å². The molecule has 2 heterocycles. The summed E-state index contributed by atoms with van der Waals surface area (Å²) in [5, 5.41) is 3.52. The molecule has 2 atom stereocenters. The van der Waals surface area contributed by atoms with Crippen LogP contribution in [0, 0.1) is 5.82 Å². The molecular formula is C27H30FN3O5. The number of likely N-dealkylation sites (tertiary alicyclic amines) is 1. The van der Waals surface area contributed by atoms with Crippen molar-refractivity contribution < 1.29 is 28.2 Å². The van der Waals surface area contributed by atoms with Crippen LogP contribution < -0.4 is 5.32 Å². The zero-order valence-electron chi connectivity index (χ0n) is 20.5. The highest BCUT2D eigenvalue weighted by Gasteiger charge is 2.42. The molecule has 2 N–H and O–H groups in total. The Bertz CT molecular complexity index is 1250. The van der Waals surface area contributed by atoms with Crippen LogP contribution in [-0.4, -0.2) is 52.6 Å². The minimum Gasteiger partial charge on any atom is -0.445 e. The van der Waals surface area contributed by atoms with Crippen molar-refractivity contribution in [3.8, 4) is 0 Å². The summed E-state index contributed by atoms with van der Waals surface area (Å²) < 4.78 is 24.7. The Morgan fingerprint density at radius 3 is 2.67 bits per heavy atom. The highest BCUT2D eigenvalue weighted by molar-refractivity contribution is 5.89. The summed E-state index contributed by atoms with van der Waals surface area (Å²) in [7, 11) is 0. The second kappa shape index (κ2) is 10.4. The average molecular weight is 496 g/mol. The number of aromatic nitrogens is 1. The summed E-state index contributed by atoms with van der Waals surface area (Å²) in [5.74, 6) is -0.970. The smallest absolute Gasteiger partial charge is 0.410 e. The lowest BCUT2D eigenvalue weighted by Crippen LogP contribution is -2.45. The van der Waals surface area contributed by atoms with Gasteiger partial charge in [0.2, 0.25) is 0 Å². The maximum Gasteiger partial charge on any atom is 0.410 e. The van der Waals surface area contributed by atoms with Crippen molar-refractivity contribution in [3.05, 3.63) is 71.7 Å². The molecule has 2 amide bonds. The molecule has 3 aromatic rings. The summed E-state index contributed by atoms with van der Waals surface area (Å²) in [5.41, 5.74) is 1.44. The van der Waals surface area contributed by atoms with Crippen molar-refractivity contribution in [2.75, 3.05) is 13.1 Å². The van der Waals surface area contributed by atoms with Crippen molar-refractivity contribution in [3.63, 3.8) is 0 Å². The van der Waals surface area contributed by atoms with Gasteiger partial charge in [0.15, 0.2) is 5.78 Å². The molecule has 0 saturated carbocycles. The minimum absolute atomic E-state index is 0.0779. The van der Waals surface area contributed by atoms with Crippen LogP contribution in [-0.2, 0) is 20.9 Å². The molecule has 1 aliphatic heterocycles. The maximum absolute atomic E-state index is 13.8. The van der Waals surface area contributed by atoms with Crippen LogP contribution >= 0.6 is 0 Å². The van der Waals surface area contributed by atoms with Gasteiger partial charge in [0.1, 0.15) is 18.0 Å². The van der Waals surface area contributed by atoms with Crippen LogP contribution in [0.5, 0.6) is 0 Å². The molecule has 1 saturated heterocycles. The molecular weight excluding hydrogens is 465 g/mol. The molecule has 1 aromatic heterocycles. The van der Waals surface area contributed by atoms with Crippen LogP contribution in [0.15, 0.2) is 54.7 Å². The second-order valence-corrected chi connectivity index (χ2v) is 9.90. The predicted octanol–water partition coefficient (Wildman–Crippen LogP) is 4.90. The van der Waals surface area contributed by atoms with Gasteiger partial charge in [-0.05, 0) is 50.1 Å². The number of ketones is 1. The van der Waals surface area contributed by atoms with E-state index in [9.17, 15) is 18.8 Å². The number of hydrogen-bond donors (Lipinski definition) is 2. The third-order valence-corrected chi connectivity index (χ3v) is 6.03. The molecule has 36 heavy (non-hydrogen) atoms. The van der Waals surface area contributed by atoms with Gasteiger partial charge in [0.05, 0.1) is 12.6 Å². The Morgan fingerprint density at radius 1 is 1.19 bits per heavy atom. The lowest BCUT2D eigenvalue weighted by molar-refractivity contribution is -0.117. The zero-order chi connectivity index (χ0) is 25.9. The second-order valence-electron chi connectivity index (χ2n) is 9.90. The highest BCUT2D eigenvalue weighted by Crippen LogP contribution is 2.35. The SMILES string of the molecule is CC(C)(C)OC(=O)N1CC(=O)CC1C(CNC(=O)OCc1ccccc1)c1c[nH]c2cc(F)ccc12. The largest absolute Gasteiger partial charge is 0.445 e. The first-order valence-corrected chi connectivity index (χ1v) is 11.8. The Balaban J connectivity index is 1.58. The fraction of sp³-hybridized carbons (Fsp3) is 0.370. The number of hydrogen-bond acceptors (Lipinski definition) is 5. The number of benzene rings is 2. The first kappa shape index (κ1) is 25.2. The molecule has 2 unspecified atom stereocenters. The fourth-order valence-electron chi connectivity index (χ4n) is 4.44. The fourth-order valence-corrected chi connectivity index (χ4v) is 4.44. The van der Waals surface area contributed by atoms with Crippen molar-refractivity contribution >= 4 is 28.9 Å². The van der Waals surface area contributed by atoms with Crippen LogP contribution in [0.1, 0.15) is 44.2 Å². The van der Waals surface area contributed by atoms with E-state index in [0.29, 0.717) is 5.52 Å². The summed E-state index contributed by atoms with van der Waals surface area (Å²) >= 11 is 0. The van der Waals surface area contributed by atoms with E-state index in [1.165, 1.54) is 17.0 Å². The first-order chi connectivity index (χ1) is 17.1. The molecule has 9 heteroatoms. The van der Waals surface area contributed by atoms with Crippen molar-refractivity contribution in [2.24, 2.45) is 0 Å². The Morgan fingerprint density at radius 2 is 1.94 bits per heavy atom. The molecule has 1 aliphatic rings. The van der Waals surface area contributed by atoms with Crippen LogP contribution in [0.4, 0.5) is 14.0 Å². The lowest BCUT2D eigenvalue weighted by atomic mass is 9.89. The number of amides is 2. The molecule has 0 spiro atoms. The Kier molecular flexibility index (Phi) is 7.28. The number of carbonyl (C=O) groups excluding carboxylic acids is 3. The van der Waals surface area contributed by atoms with Gasteiger partial charge in [-0.2, -0.15) is 0 Å². The third-order valence-electron chi connectivity index (χ3n) is 6.03. The molecule has 190 valence electrons. The quantitative estimate of drug-likeness (QED) is 0.507. The summed E-state index contributed by atoms with van der Waals surface area (Å²) in [6, 6.07) is 13.1. The standard InChI is InChI=1S/C27H30FN3O5/c1-27(2,3)36-26(34)31-15-19(32)12-24(31)22(21-13-29-23-11-18(28)9-10-20(21)23)14-30-25(33)35-16-17-7-5-4-6-8-17/h4-11,13,22,24,29H,12,14-16H2,1-3H3,(H,30,33). The number of alkyl carbamates (subject to hydrolysis) is 1. The van der Waals surface area contributed by atoms with Crippen LogP contribution in [0.3, 0.4) is 0 Å². The van der Waals surface area contributed by atoms with E-state index in [1.807, 2.05) is 30.3 Å². The van der Waals surface area contributed by atoms with E-state index in [0.717, 1.165) is 16.5 Å². The molecule has 4 rings (SSSR count). The summed E-state index contributed by atoms with van der Waals surface area (Å²) in [6.07, 6.45) is 0.615. The van der Waals surface area contributed by atoms with Gasteiger partial charge in [-0.3, -0.25) is 9.69 Å². The molecule has 0 aliphatic carbocycles. The van der Waals surface area contributed by atoms with Crippen molar-refractivity contribution in [2.45, 2.75) is 51.4 Å². The Labute approximate surface area is 208 Å². The first-order valence-electron chi connectivity index (χ1n) is 11.8. The summed E-state index contributed by atoms with van der Waals surface area (Å²) in [6.45, 7) is 5.39. The van der Waals surface area contributed by atoms with Gasteiger partial charge in [0.25, 0.3) is 0 Å². The number of H-pyrrole nitrogens is 1. The zero-order valence-corrected chi connectivity index (χ0v) is 20.5. The van der Waals surface area contributed by atoms with Crippen LogP contribution in [0.2, 0.25) is 0 Å². The lowest BCUT2D eigenvalue weighted by Gasteiger charge is -2.32. The van der Waals surface area contributed by atoms with Gasteiger partial charge < -0.3 is 19.8 Å². The van der Waals surface area contributed by atoms with Gasteiger partial charge in [-0.15, -0.1) is 0 Å². The molecule has 0 bridgehead atoms. The van der Waals surface area contributed by atoms with Crippen molar-refractivity contribution in [1.82, 2.24) is 15.2 Å². The summed E-state index contributed by atoms with van der Waals surface area (Å²) in [4.78, 5) is 42.5. The Hall–Kier alpha value is -3.88. The number of fused-ring (bicyclic) bond motifs is 1. The van der Waals surface area contributed by atoms with Gasteiger partial charge >= 0.3 is 12.2 Å². The number of halogens is 1. The number of nitrogens with one attached hydrogen (secondary N) is 2. The minimum atomic E-state index is -0.736.